The molecule has 16 heavy (non-hydrogen) atoms. The van der Waals surface area contributed by atoms with E-state index in [0.717, 1.165) is 0 Å². The Balaban J connectivity index is 2.23. The standard InChI is InChI=1S/C11H13ClO4/c1-8(11(13)14)15-5-6-16-10-4-2-3-9(12)7-10/h2-4,7-8H,5-6H2,1H3,(H,13,14)/t8-/m1/s1. The van der Waals surface area contributed by atoms with Gasteiger partial charge in [-0.3, -0.25) is 0 Å². The van der Waals surface area contributed by atoms with E-state index in [9.17, 15) is 4.79 Å². The first-order valence-corrected chi connectivity index (χ1v) is 5.20. The molecule has 4 nitrogen and oxygen atoms in total. The number of hydrogen-bond donors (Lipinski definition) is 1. The van der Waals surface area contributed by atoms with Crippen LogP contribution in [0.3, 0.4) is 0 Å². The summed E-state index contributed by atoms with van der Waals surface area (Å²) in [7, 11) is 0. The van der Waals surface area contributed by atoms with Crippen molar-refractivity contribution in [2.75, 3.05) is 13.2 Å². The lowest BCUT2D eigenvalue weighted by Crippen LogP contribution is -2.22. The number of aliphatic carboxylic acids is 1. The molecule has 0 spiro atoms. The molecule has 0 unspecified atom stereocenters. The van der Waals surface area contributed by atoms with Crippen LogP contribution >= 0.6 is 11.6 Å². The van der Waals surface area contributed by atoms with E-state index >= 15 is 0 Å². The van der Waals surface area contributed by atoms with Crippen molar-refractivity contribution in [2.45, 2.75) is 13.0 Å². The number of carbonyl (C=O) groups is 1. The number of carboxylic acids is 1. The zero-order valence-corrected chi connectivity index (χ0v) is 9.61. The highest BCUT2D eigenvalue weighted by Gasteiger charge is 2.10. The molecule has 1 rings (SSSR count). The molecule has 1 aromatic carbocycles. The van der Waals surface area contributed by atoms with Crippen molar-refractivity contribution >= 4 is 17.6 Å². The maximum absolute atomic E-state index is 10.4. The second-order valence-electron chi connectivity index (χ2n) is 3.16. The van der Waals surface area contributed by atoms with Crippen molar-refractivity contribution in [1.29, 1.82) is 0 Å². The summed E-state index contributed by atoms with van der Waals surface area (Å²) in [5, 5.41) is 9.15. The molecule has 0 aromatic heterocycles. The molecule has 1 N–H and O–H groups in total. The van der Waals surface area contributed by atoms with E-state index in [1.54, 1.807) is 24.3 Å². The fourth-order valence-corrected chi connectivity index (χ4v) is 1.19. The number of rotatable bonds is 6. The summed E-state index contributed by atoms with van der Waals surface area (Å²) in [6, 6.07) is 6.98. The Morgan fingerprint density at radius 3 is 2.88 bits per heavy atom. The Kier molecular flexibility index (Phi) is 5.08. The first kappa shape index (κ1) is 12.8. The van der Waals surface area contributed by atoms with E-state index in [4.69, 9.17) is 26.2 Å². The van der Waals surface area contributed by atoms with Gasteiger partial charge in [0.05, 0.1) is 6.61 Å². The van der Waals surface area contributed by atoms with Crippen LogP contribution in [-0.2, 0) is 9.53 Å². The molecule has 5 heteroatoms. The Bertz CT molecular complexity index is 354. The van der Waals surface area contributed by atoms with Crippen molar-refractivity contribution in [1.82, 2.24) is 0 Å². The van der Waals surface area contributed by atoms with E-state index in [0.29, 0.717) is 10.8 Å². The van der Waals surface area contributed by atoms with E-state index in [1.165, 1.54) is 6.92 Å². The highest BCUT2D eigenvalue weighted by molar-refractivity contribution is 6.30. The molecule has 0 fully saturated rings. The zero-order chi connectivity index (χ0) is 12.0. The number of carboxylic acid groups (broad SMARTS) is 1. The van der Waals surface area contributed by atoms with Crippen LogP contribution in [0.5, 0.6) is 5.75 Å². The Morgan fingerprint density at radius 2 is 2.25 bits per heavy atom. The highest BCUT2D eigenvalue weighted by atomic mass is 35.5. The Hall–Kier alpha value is -1.26. The monoisotopic (exact) mass is 244 g/mol. The Morgan fingerprint density at radius 1 is 1.50 bits per heavy atom. The van der Waals surface area contributed by atoms with Gasteiger partial charge in [-0.05, 0) is 25.1 Å². The minimum Gasteiger partial charge on any atom is -0.491 e. The van der Waals surface area contributed by atoms with E-state index in [2.05, 4.69) is 0 Å². The second kappa shape index (κ2) is 6.35. The summed E-state index contributed by atoms with van der Waals surface area (Å²) in [4.78, 5) is 10.4. The van der Waals surface area contributed by atoms with Crippen LogP contribution in [0.4, 0.5) is 0 Å². The lowest BCUT2D eigenvalue weighted by atomic mass is 10.3. The Labute approximate surface area is 98.7 Å². The van der Waals surface area contributed by atoms with Gasteiger partial charge in [0.2, 0.25) is 0 Å². The SMILES string of the molecule is C[C@@H](OCCOc1cccc(Cl)c1)C(=O)O. The fourth-order valence-electron chi connectivity index (χ4n) is 1.01. The van der Waals surface area contributed by atoms with Crippen LogP contribution in [-0.4, -0.2) is 30.4 Å². The maximum atomic E-state index is 10.4. The summed E-state index contributed by atoms with van der Waals surface area (Å²) < 4.78 is 10.3. The van der Waals surface area contributed by atoms with Crippen molar-refractivity contribution < 1.29 is 19.4 Å². The normalized spacial score (nSPS) is 12.1. The first-order valence-electron chi connectivity index (χ1n) is 4.82. The molecule has 0 heterocycles. The first-order chi connectivity index (χ1) is 7.59. The molecular formula is C11H13ClO4. The van der Waals surface area contributed by atoms with Gasteiger partial charge in [0.25, 0.3) is 0 Å². The van der Waals surface area contributed by atoms with Crippen LogP contribution in [0.15, 0.2) is 24.3 Å². The maximum Gasteiger partial charge on any atom is 0.332 e. The van der Waals surface area contributed by atoms with Gasteiger partial charge in [0.1, 0.15) is 12.4 Å². The molecule has 1 atom stereocenters. The van der Waals surface area contributed by atoms with Crippen molar-refractivity contribution in [3.05, 3.63) is 29.3 Å². The molecule has 0 aliphatic rings. The summed E-state index contributed by atoms with van der Waals surface area (Å²) in [5.41, 5.74) is 0. The molecule has 0 saturated carbocycles. The smallest absolute Gasteiger partial charge is 0.332 e. The van der Waals surface area contributed by atoms with Crippen LogP contribution < -0.4 is 4.74 Å². The van der Waals surface area contributed by atoms with Crippen molar-refractivity contribution in [3.8, 4) is 5.75 Å². The van der Waals surface area contributed by atoms with Gasteiger partial charge in [-0.2, -0.15) is 0 Å². The minimum absolute atomic E-state index is 0.222. The van der Waals surface area contributed by atoms with Crippen LogP contribution in [0.25, 0.3) is 0 Å². The van der Waals surface area contributed by atoms with Crippen LogP contribution in [0.1, 0.15) is 6.92 Å². The zero-order valence-electron chi connectivity index (χ0n) is 8.85. The topological polar surface area (TPSA) is 55.8 Å². The lowest BCUT2D eigenvalue weighted by Gasteiger charge is -2.09. The molecule has 1 aromatic rings. The number of halogens is 1. The molecule has 0 amide bonds. The molecule has 88 valence electrons. The number of benzene rings is 1. The van der Waals surface area contributed by atoms with Gasteiger partial charge in [-0.1, -0.05) is 17.7 Å². The summed E-state index contributed by atoms with van der Waals surface area (Å²) in [5.74, 6) is -0.346. The molecule has 0 bridgehead atoms. The van der Waals surface area contributed by atoms with Crippen LogP contribution in [0.2, 0.25) is 5.02 Å². The van der Waals surface area contributed by atoms with Gasteiger partial charge in [0.15, 0.2) is 6.10 Å². The molecule has 0 aliphatic carbocycles. The van der Waals surface area contributed by atoms with Gasteiger partial charge in [0, 0.05) is 5.02 Å². The largest absolute Gasteiger partial charge is 0.491 e. The highest BCUT2D eigenvalue weighted by Crippen LogP contribution is 2.16. The fraction of sp³-hybridized carbons (Fsp3) is 0.364. The summed E-state index contributed by atoms with van der Waals surface area (Å²) >= 11 is 5.76. The van der Waals surface area contributed by atoms with Gasteiger partial charge >= 0.3 is 5.97 Å². The molecule has 0 radical (unpaired) electrons. The van der Waals surface area contributed by atoms with Crippen molar-refractivity contribution in [3.63, 3.8) is 0 Å². The van der Waals surface area contributed by atoms with E-state index in [1.807, 2.05) is 0 Å². The summed E-state index contributed by atoms with van der Waals surface area (Å²) in [6.45, 7) is 1.99. The van der Waals surface area contributed by atoms with Crippen LogP contribution in [0, 0.1) is 0 Å². The van der Waals surface area contributed by atoms with Gasteiger partial charge in [-0.25, -0.2) is 4.79 Å². The second-order valence-corrected chi connectivity index (χ2v) is 3.59. The van der Waals surface area contributed by atoms with Gasteiger partial charge in [-0.15, -0.1) is 0 Å². The van der Waals surface area contributed by atoms with E-state index in [-0.39, 0.29) is 13.2 Å². The van der Waals surface area contributed by atoms with E-state index < -0.39 is 12.1 Å². The number of ether oxygens (including phenoxy) is 2. The summed E-state index contributed by atoms with van der Waals surface area (Å²) in [6.07, 6.45) is -0.817. The minimum atomic E-state index is -0.984. The predicted octanol–water partition coefficient (Wildman–Crippen LogP) is 2.21. The third-order valence-electron chi connectivity index (χ3n) is 1.86. The third-order valence-corrected chi connectivity index (χ3v) is 2.10. The predicted molar refractivity (Wildman–Crippen MR) is 60.0 cm³/mol. The average molecular weight is 245 g/mol. The lowest BCUT2D eigenvalue weighted by molar-refractivity contribution is -0.149. The molecule has 0 saturated heterocycles. The third kappa shape index (κ3) is 4.51. The quantitative estimate of drug-likeness (QED) is 0.780. The van der Waals surface area contributed by atoms with Crippen molar-refractivity contribution in [2.24, 2.45) is 0 Å². The average Bonchev–Trinajstić information content (AvgIpc) is 2.24. The molecular weight excluding hydrogens is 232 g/mol. The number of hydrogen-bond acceptors (Lipinski definition) is 3. The van der Waals surface area contributed by atoms with Gasteiger partial charge < -0.3 is 14.6 Å². The molecule has 0 aliphatic heterocycles.